The summed E-state index contributed by atoms with van der Waals surface area (Å²) in [6, 6.07) is 10.3. The maximum absolute atomic E-state index is 10.8. The first-order valence-electron chi connectivity index (χ1n) is 9.84. The van der Waals surface area contributed by atoms with Crippen LogP contribution in [0.1, 0.15) is 53.3 Å². The average molecular weight is 380 g/mol. The van der Waals surface area contributed by atoms with Crippen molar-refractivity contribution in [3.8, 4) is 5.75 Å². The van der Waals surface area contributed by atoms with Gasteiger partial charge in [-0.2, -0.15) is 0 Å². The lowest BCUT2D eigenvalue weighted by atomic mass is 9.99. The summed E-state index contributed by atoms with van der Waals surface area (Å²) in [5, 5.41) is 10.0. The molecule has 4 heteroatoms. The Hall–Kier alpha value is -2.75. The maximum Gasteiger partial charge on any atom is 0.303 e. The molecule has 0 spiro atoms. The van der Waals surface area contributed by atoms with Crippen LogP contribution in [0.4, 0.5) is 0 Å². The van der Waals surface area contributed by atoms with Gasteiger partial charge in [-0.1, -0.05) is 13.0 Å². The smallest absolute Gasteiger partial charge is 0.303 e. The number of aliphatic carboxylic acids is 1. The first-order chi connectivity index (χ1) is 13.4. The highest BCUT2D eigenvalue weighted by Gasteiger charge is 2.13. The minimum Gasteiger partial charge on any atom is -0.488 e. The van der Waals surface area contributed by atoms with E-state index in [9.17, 15) is 4.79 Å². The standard InChI is InChI=1S/C24H28O4/c1-5-6-21-13-19-11-15(2)12-20(24(19)28-21)14-27-22-9-7-18(8-10-23(25)26)16(3)17(22)4/h7,9,11-13H,5-6,8,10,14H2,1-4H3,(H,25,26). The van der Waals surface area contributed by atoms with Gasteiger partial charge in [-0.05, 0) is 80.1 Å². The van der Waals surface area contributed by atoms with E-state index in [0.717, 1.165) is 57.6 Å². The van der Waals surface area contributed by atoms with Crippen LogP contribution in [0.2, 0.25) is 0 Å². The van der Waals surface area contributed by atoms with Crippen LogP contribution in [-0.4, -0.2) is 11.1 Å². The number of rotatable bonds is 8. The van der Waals surface area contributed by atoms with Crippen LogP contribution < -0.4 is 4.74 Å². The molecule has 28 heavy (non-hydrogen) atoms. The molecule has 148 valence electrons. The van der Waals surface area contributed by atoms with E-state index in [2.05, 4.69) is 32.0 Å². The summed E-state index contributed by atoms with van der Waals surface area (Å²) in [5.74, 6) is 1.06. The fourth-order valence-electron chi connectivity index (χ4n) is 3.60. The molecular weight excluding hydrogens is 352 g/mol. The molecule has 0 saturated carbocycles. The summed E-state index contributed by atoms with van der Waals surface area (Å²) in [4.78, 5) is 10.8. The normalized spacial score (nSPS) is 11.1. The highest BCUT2D eigenvalue weighted by Crippen LogP contribution is 2.29. The van der Waals surface area contributed by atoms with E-state index < -0.39 is 5.97 Å². The molecule has 0 fully saturated rings. The Balaban J connectivity index is 1.82. The molecule has 3 aromatic rings. The number of furan rings is 1. The van der Waals surface area contributed by atoms with Crippen LogP contribution in [0.5, 0.6) is 5.75 Å². The Bertz CT molecular complexity index is 997. The van der Waals surface area contributed by atoms with Gasteiger partial charge in [0.05, 0.1) is 0 Å². The summed E-state index contributed by atoms with van der Waals surface area (Å²) >= 11 is 0. The van der Waals surface area contributed by atoms with Crippen molar-refractivity contribution in [2.75, 3.05) is 0 Å². The minimum absolute atomic E-state index is 0.139. The third-order valence-corrected chi connectivity index (χ3v) is 5.23. The zero-order chi connectivity index (χ0) is 20.3. The van der Waals surface area contributed by atoms with Gasteiger partial charge in [0, 0.05) is 23.8 Å². The average Bonchev–Trinajstić information content (AvgIpc) is 3.04. The van der Waals surface area contributed by atoms with Crippen LogP contribution >= 0.6 is 0 Å². The number of carboxylic acid groups (broad SMARTS) is 1. The summed E-state index contributed by atoms with van der Waals surface area (Å²) in [6.45, 7) is 8.71. The molecule has 0 amide bonds. The summed E-state index contributed by atoms with van der Waals surface area (Å²) in [5.41, 5.74) is 6.34. The lowest BCUT2D eigenvalue weighted by Crippen LogP contribution is -2.03. The Morgan fingerprint density at radius 2 is 1.82 bits per heavy atom. The SMILES string of the molecule is CCCc1cc2cc(C)cc(COc3ccc(CCC(=O)O)c(C)c3C)c2o1. The van der Waals surface area contributed by atoms with E-state index in [1.54, 1.807) is 0 Å². The van der Waals surface area contributed by atoms with Gasteiger partial charge in [0.25, 0.3) is 0 Å². The van der Waals surface area contributed by atoms with Gasteiger partial charge in [0.1, 0.15) is 23.7 Å². The van der Waals surface area contributed by atoms with Gasteiger partial charge in [0.15, 0.2) is 0 Å². The fraction of sp³-hybridized carbons (Fsp3) is 0.375. The molecule has 0 aliphatic carbocycles. The van der Waals surface area contributed by atoms with Gasteiger partial charge in [0.2, 0.25) is 0 Å². The van der Waals surface area contributed by atoms with Crippen LogP contribution in [0.25, 0.3) is 11.0 Å². The van der Waals surface area contributed by atoms with Crippen LogP contribution in [0, 0.1) is 20.8 Å². The lowest BCUT2D eigenvalue weighted by molar-refractivity contribution is -0.136. The van der Waals surface area contributed by atoms with Gasteiger partial charge in [-0.3, -0.25) is 4.79 Å². The van der Waals surface area contributed by atoms with Crippen molar-refractivity contribution in [1.29, 1.82) is 0 Å². The Labute approximate surface area is 166 Å². The van der Waals surface area contributed by atoms with Crippen molar-refractivity contribution in [2.24, 2.45) is 0 Å². The number of carboxylic acids is 1. The van der Waals surface area contributed by atoms with Crippen molar-refractivity contribution in [3.63, 3.8) is 0 Å². The summed E-state index contributed by atoms with van der Waals surface area (Å²) < 4.78 is 12.2. The highest BCUT2D eigenvalue weighted by atomic mass is 16.5. The van der Waals surface area contributed by atoms with Crippen LogP contribution in [0.15, 0.2) is 34.7 Å². The summed E-state index contributed by atoms with van der Waals surface area (Å²) in [7, 11) is 0. The predicted molar refractivity (Wildman–Crippen MR) is 111 cm³/mol. The minimum atomic E-state index is -0.776. The highest BCUT2D eigenvalue weighted by molar-refractivity contribution is 5.82. The van der Waals surface area contributed by atoms with E-state index in [1.165, 1.54) is 5.56 Å². The molecule has 0 radical (unpaired) electrons. The fourth-order valence-corrected chi connectivity index (χ4v) is 3.60. The monoisotopic (exact) mass is 380 g/mol. The molecule has 0 aliphatic heterocycles. The van der Waals surface area contributed by atoms with Gasteiger partial charge < -0.3 is 14.3 Å². The molecule has 1 aromatic heterocycles. The van der Waals surface area contributed by atoms with E-state index in [1.807, 2.05) is 26.0 Å². The molecule has 1 N–H and O–H groups in total. The molecule has 0 bridgehead atoms. The van der Waals surface area contributed by atoms with E-state index in [-0.39, 0.29) is 6.42 Å². The third kappa shape index (κ3) is 4.38. The van der Waals surface area contributed by atoms with Crippen LogP contribution in [0.3, 0.4) is 0 Å². The number of ether oxygens (including phenoxy) is 1. The van der Waals surface area contributed by atoms with Crippen molar-refractivity contribution < 1.29 is 19.1 Å². The number of hydrogen-bond donors (Lipinski definition) is 1. The second-order valence-electron chi connectivity index (χ2n) is 7.46. The third-order valence-electron chi connectivity index (χ3n) is 5.23. The molecule has 0 unspecified atom stereocenters. The summed E-state index contributed by atoms with van der Waals surface area (Å²) in [6.07, 6.45) is 2.66. The molecule has 0 saturated heterocycles. The van der Waals surface area contributed by atoms with Crippen LogP contribution in [-0.2, 0) is 24.2 Å². The molecule has 2 aromatic carbocycles. The lowest BCUT2D eigenvalue weighted by Gasteiger charge is -2.14. The van der Waals surface area contributed by atoms with Crippen molar-refractivity contribution in [3.05, 3.63) is 63.9 Å². The quantitative estimate of drug-likeness (QED) is 0.528. The van der Waals surface area contributed by atoms with Gasteiger partial charge in [-0.15, -0.1) is 0 Å². The predicted octanol–water partition coefficient (Wildman–Crippen LogP) is 5.91. The number of fused-ring (bicyclic) bond motifs is 1. The molecule has 0 aliphatic rings. The van der Waals surface area contributed by atoms with Crippen molar-refractivity contribution in [1.82, 2.24) is 0 Å². The second-order valence-corrected chi connectivity index (χ2v) is 7.46. The van der Waals surface area contributed by atoms with E-state index in [0.29, 0.717) is 13.0 Å². The van der Waals surface area contributed by atoms with Gasteiger partial charge in [-0.25, -0.2) is 0 Å². The molecule has 1 heterocycles. The molecule has 4 nitrogen and oxygen atoms in total. The maximum atomic E-state index is 10.8. The topological polar surface area (TPSA) is 59.7 Å². The Morgan fingerprint density at radius 3 is 2.54 bits per heavy atom. The number of benzene rings is 2. The first kappa shape index (κ1) is 20.0. The van der Waals surface area contributed by atoms with E-state index >= 15 is 0 Å². The van der Waals surface area contributed by atoms with Crippen molar-refractivity contribution in [2.45, 2.75) is 60.0 Å². The second kappa shape index (κ2) is 8.51. The van der Waals surface area contributed by atoms with E-state index in [4.69, 9.17) is 14.3 Å². The Morgan fingerprint density at radius 1 is 1.04 bits per heavy atom. The first-order valence-corrected chi connectivity index (χ1v) is 9.84. The molecule has 0 atom stereocenters. The zero-order valence-electron chi connectivity index (χ0n) is 17.1. The number of hydrogen-bond acceptors (Lipinski definition) is 3. The number of aryl methyl sites for hydroxylation is 3. The molecular formula is C24H28O4. The largest absolute Gasteiger partial charge is 0.488 e. The molecule has 3 rings (SSSR count). The Kier molecular flexibility index (Phi) is 6.08. The zero-order valence-corrected chi connectivity index (χ0v) is 17.1. The number of carbonyl (C=O) groups is 1. The van der Waals surface area contributed by atoms with Gasteiger partial charge >= 0.3 is 5.97 Å². The van der Waals surface area contributed by atoms with Crippen molar-refractivity contribution >= 4 is 16.9 Å².